The van der Waals surface area contributed by atoms with E-state index in [1.807, 2.05) is 0 Å². The Bertz CT molecular complexity index is 545. The molecule has 0 bridgehead atoms. The fourth-order valence-electron chi connectivity index (χ4n) is 1.04. The molecule has 2 aromatic rings. The third kappa shape index (κ3) is 1.94. The average Bonchev–Trinajstić information content (AvgIpc) is 2.66. The maximum absolute atomic E-state index is 8.51. The summed E-state index contributed by atoms with van der Waals surface area (Å²) in [5.41, 5.74) is 0.551. The van der Waals surface area contributed by atoms with Crippen LogP contribution >= 0.6 is 23.2 Å². The molecule has 6 heteroatoms. The van der Waals surface area contributed by atoms with Gasteiger partial charge < -0.3 is 4.42 Å². The van der Waals surface area contributed by atoms with Gasteiger partial charge in [0.15, 0.2) is 6.07 Å². The van der Waals surface area contributed by atoms with Crippen molar-refractivity contribution >= 4 is 23.2 Å². The molecule has 15 heavy (non-hydrogen) atoms. The van der Waals surface area contributed by atoms with Crippen LogP contribution in [0.4, 0.5) is 0 Å². The molecule has 0 aliphatic rings. The van der Waals surface area contributed by atoms with Gasteiger partial charge in [-0.05, 0) is 18.2 Å². The van der Waals surface area contributed by atoms with Crippen molar-refractivity contribution in [2.45, 2.75) is 0 Å². The Morgan fingerprint density at radius 1 is 1.27 bits per heavy atom. The van der Waals surface area contributed by atoms with Crippen LogP contribution in [0, 0.1) is 11.3 Å². The van der Waals surface area contributed by atoms with E-state index in [2.05, 4.69) is 10.2 Å². The largest absolute Gasteiger partial charge is 0.408 e. The van der Waals surface area contributed by atoms with Crippen molar-refractivity contribution in [1.82, 2.24) is 10.2 Å². The van der Waals surface area contributed by atoms with Crippen molar-refractivity contribution in [3.63, 3.8) is 0 Å². The quantitative estimate of drug-likeness (QED) is 0.768. The minimum absolute atomic E-state index is 0.101. The average molecular weight is 240 g/mol. The van der Waals surface area contributed by atoms with Gasteiger partial charge in [0.1, 0.15) is 0 Å². The van der Waals surface area contributed by atoms with Gasteiger partial charge in [0.05, 0.1) is 10.6 Å². The lowest BCUT2D eigenvalue weighted by molar-refractivity contribution is 0.553. The van der Waals surface area contributed by atoms with Crippen molar-refractivity contribution in [2.75, 3.05) is 0 Å². The van der Waals surface area contributed by atoms with E-state index in [1.54, 1.807) is 24.3 Å². The van der Waals surface area contributed by atoms with Gasteiger partial charge in [0.2, 0.25) is 5.89 Å². The highest BCUT2D eigenvalue weighted by atomic mass is 35.5. The normalized spacial score (nSPS) is 9.93. The molecule has 0 atom stereocenters. The lowest BCUT2D eigenvalue weighted by atomic mass is 10.2. The fraction of sp³-hybridized carbons (Fsp3) is 0. The lowest BCUT2D eigenvalue weighted by Crippen LogP contribution is -1.79. The van der Waals surface area contributed by atoms with Gasteiger partial charge in [-0.1, -0.05) is 28.3 Å². The zero-order chi connectivity index (χ0) is 10.8. The van der Waals surface area contributed by atoms with E-state index >= 15 is 0 Å². The minimum atomic E-state index is -0.101. The van der Waals surface area contributed by atoms with Crippen LogP contribution in [0.1, 0.15) is 5.89 Å². The van der Waals surface area contributed by atoms with Crippen LogP contribution in [-0.2, 0) is 0 Å². The van der Waals surface area contributed by atoms with Crippen molar-refractivity contribution in [3.05, 3.63) is 34.1 Å². The van der Waals surface area contributed by atoms with Gasteiger partial charge in [0, 0.05) is 5.02 Å². The summed E-state index contributed by atoms with van der Waals surface area (Å²) in [6, 6.07) is 6.61. The van der Waals surface area contributed by atoms with Crippen LogP contribution in [0.2, 0.25) is 10.0 Å². The first-order chi connectivity index (χ1) is 7.20. The van der Waals surface area contributed by atoms with Crippen LogP contribution in [0.5, 0.6) is 0 Å². The molecule has 0 fully saturated rings. The van der Waals surface area contributed by atoms with Crippen molar-refractivity contribution in [3.8, 4) is 17.5 Å². The number of rotatable bonds is 1. The molecule has 0 amide bonds. The molecular formula is C9H3Cl2N3O. The number of hydrogen-bond donors (Lipinski definition) is 0. The summed E-state index contributed by atoms with van der Waals surface area (Å²) >= 11 is 11.7. The first-order valence-corrected chi connectivity index (χ1v) is 4.65. The number of benzene rings is 1. The maximum Gasteiger partial charge on any atom is 0.321 e. The van der Waals surface area contributed by atoms with Crippen LogP contribution in [0.3, 0.4) is 0 Å². The monoisotopic (exact) mass is 239 g/mol. The standard InChI is InChI=1S/C9H3Cl2N3O/c10-5-1-2-6(7(11)3-5)9-14-13-8(4-12)15-9/h1-3H. The summed E-state index contributed by atoms with van der Waals surface area (Å²) in [5, 5.41) is 16.6. The Hall–Kier alpha value is -1.57. The van der Waals surface area contributed by atoms with Crippen molar-refractivity contribution in [1.29, 1.82) is 5.26 Å². The number of nitrogens with zero attached hydrogens (tertiary/aromatic N) is 3. The van der Waals surface area contributed by atoms with Crippen LogP contribution < -0.4 is 0 Å². The number of halogens is 2. The second-order valence-electron chi connectivity index (χ2n) is 2.65. The molecule has 0 saturated heterocycles. The molecule has 0 aliphatic carbocycles. The van der Waals surface area contributed by atoms with Gasteiger partial charge in [0.25, 0.3) is 0 Å². The molecule has 0 unspecified atom stereocenters. The summed E-state index contributed by atoms with van der Waals surface area (Å²) < 4.78 is 5.03. The Balaban J connectivity index is 2.50. The van der Waals surface area contributed by atoms with E-state index in [0.29, 0.717) is 15.6 Å². The van der Waals surface area contributed by atoms with Crippen LogP contribution in [0.15, 0.2) is 22.6 Å². The second-order valence-corrected chi connectivity index (χ2v) is 3.49. The highest BCUT2D eigenvalue weighted by Gasteiger charge is 2.11. The number of nitriles is 1. The lowest BCUT2D eigenvalue weighted by Gasteiger charge is -1.98. The predicted molar refractivity (Wildman–Crippen MR) is 54.5 cm³/mol. The number of aromatic nitrogens is 2. The molecule has 0 spiro atoms. The molecule has 74 valence electrons. The molecule has 1 aromatic heterocycles. The van der Waals surface area contributed by atoms with E-state index in [4.69, 9.17) is 32.9 Å². The highest BCUT2D eigenvalue weighted by molar-refractivity contribution is 6.36. The van der Waals surface area contributed by atoms with Crippen LogP contribution in [0.25, 0.3) is 11.5 Å². The SMILES string of the molecule is N#Cc1nnc(-c2ccc(Cl)cc2Cl)o1. The zero-order valence-electron chi connectivity index (χ0n) is 7.24. The minimum Gasteiger partial charge on any atom is -0.408 e. The molecule has 4 nitrogen and oxygen atoms in total. The third-order valence-electron chi connectivity index (χ3n) is 1.68. The van der Waals surface area contributed by atoms with Gasteiger partial charge in [-0.25, -0.2) is 0 Å². The van der Waals surface area contributed by atoms with E-state index in [1.165, 1.54) is 0 Å². The summed E-state index contributed by atoms with van der Waals surface area (Å²) in [7, 11) is 0. The van der Waals surface area contributed by atoms with Crippen LogP contribution in [-0.4, -0.2) is 10.2 Å². The molecule has 0 saturated carbocycles. The second kappa shape index (κ2) is 3.89. The molecule has 1 heterocycles. The van der Waals surface area contributed by atoms with Crippen molar-refractivity contribution in [2.24, 2.45) is 0 Å². The Morgan fingerprint density at radius 2 is 2.07 bits per heavy atom. The highest BCUT2D eigenvalue weighted by Crippen LogP contribution is 2.29. The predicted octanol–water partition coefficient (Wildman–Crippen LogP) is 2.92. The summed E-state index contributed by atoms with van der Waals surface area (Å²) in [4.78, 5) is 0. The summed E-state index contributed by atoms with van der Waals surface area (Å²) in [6.07, 6.45) is 0. The molecular weight excluding hydrogens is 237 g/mol. The molecule has 0 aliphatic heterocycles. The van der Waals surface area contributed by atoms with Gasteiger partial charge >= 0.3 is 5.89 Å². The van der Waals surface area contributed by atoms with Crippen molar-refractivity contribution < 1.29 is 4.42 Å². The Morgan fingerprint density at radius 3 is 2.67 bits per heavy atom. The maximum atomic E-state index is 8.51. The zero-order valence-corrected chi connectivity index (χ0v) is 8.75. The van der Waals surface area contributed by atoms with E-state index in [0.717, 1.165) is 0 Å². The molecule has 1 aromatic carbocycles. The smallest absolute Gasteiger partial charge is 0.321 e. The summed E-state index contributed by atoms with van der Waals surface area (Å²) in [6.45, 7) is 0. The van der Waals surface area contributed by atoms with E-state index in [9.17, 15) is 0 Å². The summed E-state index contributed by atoms with van der Waals surface area (Å²) in [5.74, 6) is 0.101. The Kier molecular flexibility index (Phi) is 2.58. The van der Waals surface area contributed by atoms with Gasteiger partial charge in [-0.2, -0.15) is 5.26 Å². The molecule has 0 radical (unpaired) electrons. The first-order valence-electron chi connectivity index (χ1n) is 3.90. The van der Waals surface area contributed by atoms with Gasteiger partial charge in [-0.15, -0.1) is 5.10 Å². The van der Waals surface area contributed by atoms with Gasteiger partial charge in [-0.3, -0.25) is 0 Å². The Labute approximate surface area is 95.1 Å². The third-order valence-corrected chi connectivity index (χ3v) is 2.23. The number of hydrogen-bond acceptors (Lipinski definition) is 4. The topological polar surface area (TPSA) is 62.7 Å². The first kappa shape index (κ1) is 9.97. The van der Waals surface area contributed by atoms with E-state index < -0.39 is 0 Å². The fourth-order valence-corrected chi connectivity index (χ4v) is 1.53. The van der Waals surface area contributed by atoms with E-state index in [-0.39, 0.29) is 11.8 Å². The molecule has 2 rings (SSSR count). The molecule has 0 N–H and O–H groups in total.